The van der Waals surface area contributed by atoms with Crippen molar-refractivity contribution in [2.24, 2.45) is 11.1 Å². The predicted octanol–water partition coefficient (Wildman–Crippen LogP) is 0.842. The summed E-state index contributed by atoms with van der Waals surface area (Å²) >= 11 is 1.96. The van der Waals surface area contributed by atoms with Gasteiger partial charge in [0.25, 0.3) is 11.8 Å². The highest BCUT2D eigenvalue weighted by molar-refractivity contribution is 8.00. The first kappa shape index (κ1) is 28.6. The largest absolute Gasteiger partial charge is 0.493 e. The number of halogens is 3. The first-order chi connectivity index (χ1) is 19.3. The van der Waals surface area contributed by atoms with Gasteiger partial charge in [-0.3, -0.25) is 19.3 Å². The van der Waals surface area contributed by atoms with Gasteiger partial charge in [-0.2, -0.15) is 13.2 Å². The Morgan fingerprint density at radius 2 is 2.02 bits per heavy atom. The number of β-lactam (4-membered cyclic amide) rings is 1. The molecule has 1 saturated carbocycles. The molecule has 3 amide bonds. The van der Waals surface area contributed by atoms with E-state index in [0.29, 0.717) is 31.0 Å². The minimum absolute atomic E-state index is 0.0642. The van der Waals surface area contributed by atoms with Gasteiger partial charge in [-0.05, 0) is 36.8 Å². The molecule has 4 N–H and O–H groups in total. The summed E-state index contributed by atoms with van der Waals surface area (Å²) < 4.78 is 37.7. The van der Waals surface area contributed by atoms with Gasteiger partial charge in [-0.25, -0.2) is 14.6 Å². The summed E-state index contributed by atoms with van der Waals surface area (Å²) in [6.07, 6.45) is -1.28. The van der Waals surface area contributed by atoms with E-state index in [2.05, 4.69) is 20.3 Å². The van der Waals surface area contributed by atoms with Crippen LogP contribution in [0.5, 0.6) is 0 Å². The Balaban J connectivity index is 1.33. The van der Waals surface area contributed by atoms with Crippen LogP contribution in [0.2, 0.25) is 0 Å². The molecule has 0 unspecified atom stereocenters. The Morgan fingerprint density at radius 1 is 1.29 bits per heavy atom. The summed E-state index contributed by atoms with van der Waals surface area (Å²) in [5.41, 5.74) is 4.76. The molecule has 1 aliphatic carbocycles. The van der Waals surface area contributed by atoms with Crippen LogP contribution >= 0.6 is 23.1 Å². The molecule has 0 spiro atoms. The van der Waals surface area contributed by atoms with E-state index in [1.54, 1.807) is 4.90 Å². The Morgan fingerprint density at radius 3 is 2.63 bits per heavy atom. The molecular weight excluding hydrogens is 593 g/mol. The Bertz CT molecular complexity index is 1430. The number of rotatable bonds is 8. The highest BCUT2D eigenvalue weighted by Crippen LogP contribution is 2.41. The summed E-state index contributed by atoms with van der Waals surface area (Å²) in [7, 11) is 0. The van der Waals surface area contributed by atoms with E-state index in [-0.39, 0.29) is 33.8 Å². The fourth-order valence-corrected chi connectivity index (χ4v) is 6.35. The second-order valence-corrected chi connectivity index (χ2v) is 11.5. The van der Waals surface area contributed by atoms with Gasteiger partial charge in [-0.1, -0.05) is 5.16 Å². The van der Waals surface area contributed by atoms with Gasteiger partial charge in [0.2, 0.25) is 5.91 Å². The monoisotopic (exact) mass is 614 g/mol. The molecule has 5 rings (SSSR count). The van der Waals surface area contributed by atoms with Crippen molar-refractivity contribution in [2.45, 2.75) is 36.9 Å². The number of hydrogen-bond donors (Lipinski definition) is 3. The fraction of sp³-hybridized carbons (Fsp3) is 0.435. The minimum atomic E-state index is -5.39. The number of nitrogen functional groups attached to an aromatic ring is 1. The minimum Gasteiger partial charge on any atom is -0.477 e. The van der Waals surface area contributed by atoms with Crippen molar-refractivity contribution in [1.82, 2.24) is 20.1 Å². The second-order valence-electron chi connectivity index (χ2n) is 9.54. The number of aliphatic carboxylic acids is 1. The molecule has 3 aliphatic heterocycles. The number of carbonyl (C=O) groups is 5. The van der Waals surface area contributed by atoms with Crippen molar-refractivity contribution in [3.63, 3.8) is 0 Å². The van der Waals surface area contributed by atoms with Crippen LogP contribution in [0.4, 0.5) is 18.3 Å². The maximum Gasteiger partial charge on any atom is 0.493 e. The van der Waals surface area contributed by atoms with E-state index in [9.17, 15) is 42.3 Å². The van der Waals surface area contributed by atoms with E-state index in [0.717, 1.165) is 40.8 Å². The number of carboxylic acid groups (broad SMARTS) is 1. The fourth-order valence-electron chi connectivity index (χ4n) is 4.50. The van der Waals surface area contributed by atoms with Crippen molar-refractivity contribution in [2.75, 3.05) is 24.6 Å². The molecule has 1 aromatic heterocycles. The highest BCUT2D eigenvalue weighted by atomic mass is 32.2. The SMILES string of the molecule is Nc1nc(/C(=N/OC(=O)C(F)(F)F)C(=O)N[C@@H]2C(=O)N3C(C(=O)O)=C(/C=C4\CCN(CC5CC5)C4=O)CS[C@H]23)cs1. The molecule has 218 valence electrons. The number of alkyl halides is 3. The third-order valence-electron chi connectivity index (χ3n) is 6.65. The van der Waals surface area contributed by atoms with Crippen LogP contribution in [0.1, 0.15) is 25.0 Å². The summed E-state index contributed by atoms with van der Waals surface area (Å²) in [4.78, 5) is 72.4. The number of anilines is 1. The average molecular weight is 615 g/mol. The van der Waals surface area contributed by atoms with Crippen molar-refractivity contribution >= 4 is 63.6 Å². The van der Waals surface area contributed by atoms with Gasteiger partial charge in [0.1, 0.15) is 22.8 Å². The zero-order chi connectivity index (χ0) is 29.6. The molecular formula is C23H21F3N6O7S2. The van der Waals surface area contributed by atoms with Gasteiger partial charge in [0.05, 0.1) is 0 Å². The molecule has 2 atom stereocenters. The molecule has 1 aromatic rings. The lowest BCUT2D eigenvalue weighted by molar-refractivity contribution is -0.199. The van der Waals surface area contributed by atoms with Gasteiger partial charge in [0.15, 0.2) is 10.8 Å². The van der Waals surface area contributed by atoms with E-state index < -0.39 is 47.1 Å². The van der Waals surface area contributed by atoms with Gasteiger partial charge in [-0.15, -0.1) is 23.1 Å². The quantitative estimate of drug-likeness (QED) is 0.125. The first-order valence-electron chi connectivity index (χ1n) is 12.1. The van der Waals surface area contributed by atoms with Crippen LogP contribution in [-0.4, -0.2) is 91.7 Å². The van der Waals surface area contributed by atoms with Crippen LogP contribution in [0.3, 0.4) is 0 Å². The number of nitrogens with one attached hydrogen (secondary N) is 1. The highest BCUT2D eigenvalue weighted by Gasteiger charge is 2.54. The Kier molecular flexibility index (Phi) is 7.54. The zero-order valence-electron chi connectivity index (χ0n) is 20.8. The van der Waals surface area contributed by atoms with Crippen molar-refractivity contribution in [1.29, 1.82) is 0 Å². The summed E-state index contributed by atoms with van der Waals surface area (Å²) in [5, 5.41) is 15.5. The van der Waals surface area contributed by atoms with Crippen LogP contribution in [-0.2, 0) is 28.8 Å². The van der Waals surface area contributed by atoms with E-state index >= 15 is 0 Å². The van der Waals surface area contributed by atoms with Crippen molar-refractivity contribution in [3.8, 4) is 0 Å². The molecule has 2 saturated heterocycles. The molecule has 0 aromatic carbocycles. The van der Waals surface area contributed by atoms with Crippen LogP contribution in [0.25, 0.3) is 0 Å². The number of hydrogen-bond acceptors (Lipinski definition) is 11. The maximum atomic E-state index is 13.0. The number of thioether (sulfide) groups is 1. The number of carbonyl (C=O) groups excluding carboxylic acids is 4. The van der Waals surface area contributed by atoms with Crippen LogP contribution < -0.4 is 11.1 Å². The summed E-state index contributed by atoms with van der Waals surface area (Å²) in [6, 6.07) is -1.28. The number of fused-ring (bicyclic) bond motifs is 1. The number of thiazole rings is 1. The lowest BCUT2D eigenvalue weighted by Gasteiger charge is -2.49. The molecule has 3 fully saturated rings. The molecule has 4 heterocycles. The number of likely N-dealkylation sites (tertiary alicyclic amines) is 1. The number of aromatic nitrogens is 1. The van der Waals surface area contributed by atoms with Crippen LogP contribution in [0.15, 0.2) is 33.5 Å². The first-order valence-corrected chi connectivity index (χ1v) is 14.1. The Hall–Kier alpha value is -3.93. The number of allylic oxidation sites excluding steroid dienone is 1. The normalized spacial score (nSPS) is 24.0. The second kappa shape index (κ2) is 10.8. The summed E-state index contributed by atoms with van der Waals surface area (Å²) in [6.45, 7) is 1.20. The molecule has 13 nitrogen and oxygen atoms in total. The standard InChI is InChI=1S/C23H21F3N6O7S2/c24-23(25,26)21(38)39-30-13(12-8-41-22(27)28-12)16(33)29-14-18(35)32-15(20(36)37)11(7-40-19(14)32)5-10-3-4-31(17(10)34)6-9-1-2-9/h5,8-9,14,19H,1-4,6-7H2,(H2,27,28)(H,29,33)(H,36,37)/b10-5+,30-13-/t14-,19-/m1/s1. The van der Waals surface area contributed by atoms with Crippen LogP contribution in [0, 0.1) is 5.92 Å². The molecule has 18 heteroatoms. The van der Waals surface area contributed by atoms with E-state index in [4.69, 9.17) is 5.73 Å². The van der Waals surface area contributed by atoms with Gasteiger partial charge in [0, 0.05) is 29.8 Å². The van der Waals surface area contributed by atoms with Crippen molar-refractivity contribution in [3.05, 3.63) is 34.0 Å². The molecule has 41 heavy (non-hydrogen) atoms. The third kappa shape index (κ3) is 5.79. The smallest absolute Gasteiger partial charge is 0.477 e. The number of nitrogens with two attached hydrogens (primary N) is 1. The van der Waals surface area contributed by atoms with Gasteiger partial charge >= 0.3 is 18.1 Å². The molecule has 0 radical (unpaired) electrons. The number of amides is 3. The average Bonchev–Trinajstić information content (AvgIpc) is 3.54. The Labute approximate surface area is 237 Å². The van der Waals surface area contributed by atoms with E-state index in [1.807, 2.05) is 0 Å². The zero-order valence-corrected chi connectivity index (χ0v) is 22.5. The topological polar surface area (TPSA) is 185 Å². The predicted molar refractivity (Wildman–Crippen MR) is 137 cm³/mol. The van der Waals surface area contributed by atoms with E-state index in [1.165, 1.54) is 11.5 Å². The number of oxime groups is 1. The van der Waals surface area contributed by atoms with Gasteiger partial charge < -0.3 is 25.9 Å². The summed E-state index contributed by atoms with van der Waals surface area (Å²) in [5.74, 6) is -5.66. The molecule has 0 bridgehead atoms. The maximum absolute atomic E-state index is 13.0. The lowest BCUT2D eigenvalue weighted by atomic mass is 10.0. The lowest BCUT2D eigenvalue weighted by Crippen LogP contribution is -2.71. The third-order valence-corrected chi connectivity index (χ3v) is 8.63. The number of carboxylic acids is 1. The number of nitrogens with zero attached hydrogens (tertiary/aromatic N) is 4. The van der Waals surface area contributed by atoms with Crippen molar-refractivity contribution < 1.29 is 47.1 Å². The molecule has 4 aliphatic rings.